The lowest BCUT2D eigenvalue weighted by atomic mass is 9.95. The first-order chi connectivity index (χ1) is 14.4. The number of hydrogen-bond donors (Lipinski definition) is 2. The van der Waals surface area contributed by atoms with Crippen LogP contribution < -0.4 is 4.74 Å². The summed E-state index contributed by atoms with van der Waals surface area (Å²) in [5, 5.41) is 31.1. The van der Waals surface area contributed by atoms with Crippen LogP contribution in [0.2, 0.25) is 0 Å². The van der Waals surface area contributed by atoms with Crippen molar-refractivity contribution in [3.8, 4) is 5.75 Å². The molecule has 0 spiro atoms. The molecule has 2 aromatic carbocycles. The van der Waals surface area contributed by atoms with E-state index < -0.39 is 22.7 Å². The van der Waals surface area contributed by atoms with Crippen molar-refractivity contribution in [3.63, 3.8) is 0 Å². The Morgan fingerprint density at radius 2 is 1.77 bits per heavy atom. The molecule has 9 heteroatoms. The van der Waals surface area contributed by atoms with Crippen molar-refractivity contribution in [2.75, 3.05) is 19.8 Å². The van der Waals surface area contributed by atoms with Crippen molar-refractivity contribution < 1.29 is 29.5 Å². The first kappa shape index (κ1) is 21.0. The third kappa shape index (κ3) is 3.87. The van der Waals surface area contributed by atoms with E-state index in [2.05, 4.69) is 0 Å². The predicted octanol–water partition coefficient (Wildman–Crippen LogP) is 2.41. The fraction of sp³-hybridized carbons (Fsp3) is 0.238. The minimum atomic E-state index is -0.982. The van der Waals surface area contributed by atoms with Crippen molar-refractivity contribution in [1.82, 2.24) is 4.90 Å². The van der Waals surface area contributed by atoms with Crippen LogP contribution in [0.1, 0.15) is 24.1 Å². The molecular formula is C21H20N2O7. The zero-order chi connectivity index (χ0) is 21.8. The van der Waals surface area contributed by atoms with Gasteiger partial charge in [-0.25, -0.2) is 0 Å². The molecule has 1 amide bonds. The number of amides is 1. The van der Waals surface area contributed by atoms with Crippen LogP contribution in [0.4, 0.5) is 5.69 Å². The van der Waals surface area contributed by atoms with Crippen LogP contribution in [0.15, 0.2) is 54.1 Å². The number of ketones is 1. The fourth-order valence-corrected chi connectivity index (χ4v) is 3.37. The number of carbonyl (C=O) groups excluding carboxylic acids is 2. The molecule has 1 heterocycles. The van der Waals surface area contributed by atoms with Gasteiger partial charge in [0, 0.05) is 24.2 Å². The molecule has 0 aromatic heterocycles. The van der Waals surface area contributed by atoms with Crippen LogP contribution in [-0.4, -0.2) is 51.5 Å². The van der Waals surface area contributed by atoms with Crippen LogP contribution in [0, 0.1) is 10.1 Å². The highest BCUT2D eigenvalue weighted by Gasteiger charge is 2.45. The Hall–Kier alpha value is -3.72. The number of carbonyl (C=O) groups is 2. The van der Waals surface area contributed by atoms with Gasteiger partial charge in [-0.1, -0.05) is 0 Å². The van der Waals surface area contributed by atoms with E-state index in [-0.39, 0.29) is 30.2 Å². The lowest BCUT2D eigenvalue weighted by Gasteiger charge is -2.24. The molecule has 0 saturated carbocycles. The van der Waals surface area contributed by atoms with Gasteiger partial charge in [-0.05, 0) is 48.9 Å². The molecule has 1 unspecified atom stereocenters. The third-order valence-corrected chi connectivity index (χ3v) is 4.74. The highest BCUT2D eigenvalue weighted by atomic mass is 16.6. The van der Waals surface area contributed by atoms with Gasteiger partial charge >= 0.3 is 0 Å². The highest BCUT2D eigenvalue weighted by Crippen LogP contribution is 2.39. The second-order valence-corrected chi connectivity index (χ2v) is 6.52. The predicted molar refractivity (Wildman–Crippen MR) is 107 cm³/mol. The van der Waals surface area contributed by atoms with Crippen LogP contribution in [0.25, 0.3) is 5.76 Å². The van der Waals surface area contributed by atoms with Gasteiger partial charge in [-0.2, -0.15) is 0 Å². The van der Waals surface area contributed by atoms with Crippen molar-refractivity contribution >= 4 is 23.1 Å². The Labute approximate surface area is 172 Å². The minimum Gasteiger partial charge on any atom is -0.507 e. The average molecular weight is 412 g/mol. The lowest BCUT2D eigenvalue weighted by molar-refractivity contribution is -0.384. The zero-order valence-corrected chi connectivity index (χ0v) is 16.1. The van der Waals surface area contributed by atoms with Crippen LogP contribution in [0.3, 0.4) is 0 Å². The van der Waals surface area contributed by atoms with Gasteiger partial charge in [0.05, 0.1) is 29.8 Å². The molecule has 0 aliphatic carbocycles. The summed E-state index contributed by atoms with van der Waals surface area (Å²) in [4.78, 5) is 36.8. The van der Waals surface area contributed by atoms with Crippen LogP contribution >= 0.6 is 0 Å². The van der Waals surface area contributed by atoms with Crippen molar-refractivity contribution in [2.24, 2.45) is 0 Å². The van der Waals surface area contributed by atoms with Gasteiger partial charge < -0.3 is 19.8 Å². The quantitative estimate of drug-likeness (QED) is 0.235. The topological polar surface area (TPSA) is 130 Å². The Kier molecular flexibility index (Phi) is 6.12. The number of aliphatic hydroxyl groups excluding tert-OH is 2. The van der Waals surface area contributed by atoms with Gasteiger partial charge in [-0.15, -0.1) is 0 Å². The summed E-state index contributed by atoms with van der Waals surface area (Å²) in [5.74, 6) is -1.54. The maximum atomic E-state index is 12.7. The Morgan fingerprint density at radius 1 is 1.13 bits per heavy atom. The number of likely N-dealkylation sites (tertiary alicyclic amines) is 1. The first-order valence-corrected chi connectivity index (χ1v) is 9.25. The Morgan fingerprint density at radius 3 is 2.30 bits per heavy atom. The number of nitrogens with zero attached hydrogens (tertiary/aromatic N) is 2. The summed E-state index contributed by atoms with van der Waals surface area (Å²) >= 11 is 0. The number of benzene rings is 2. The maximum Gasteiger partial charge on any atom is 0.295 e. The molecule has 9 nitrogen and oxygen atoms in total. The molecule has 1 saturated heterocycles. The number of nitro groups is 1. The number of hydrogen-bond acceptors (Lipinski definition) is 7. The van der Waals surface area contributed by atoms with E-state index in [1.165, 1.54) is 24.3 Å². The molecule has 30 heavy (non-hydrogen) atoms. The summed E-state index contributed by atoms with van der Waals surface area (Å²) in [6, 6.07) is 10.8. The number of ether oxygens (including phenoxy) is 1. The van der Waals surface area contributed by atoms with Gasteiger partial charge in [0.25, 0.3) is 17.4 Å². The van der Waals surface area contributed by atoms with Gasteiger partial charge in [0.1, 0.15) is 11.5 Å². The molecule has 1 atom stereocenters. The molecule has 0 bridgehead atoms. The van der Waals surface area contributed by atoms with E-state index >= 15 is 0 Å². The summed E-state index contributed by atoms with van der Waals surface area (Å²) in [5.41, 5.74) is 0.420. The van der Waals surface area contributed by atoms with Crippen LogP contribution in [0.5, 0.6) is 5.75 Å². The first-order valence-electron chi connectivity index (χ1n) is 9.25. The van der Waals surface area contributed by atoms with E-state index in [9.17, 15) is 29.9 Å². The van der Waals surface area contributed by atoms with Crippen LogP contribution in [-0.2, 0) is 9.59 Å². The van der Waals surface area contributed by atoms with E-state index in [1.54, 1.807) is 24.3 Å². The van der Waals surface area contributed by atoms with Crippen molar-refractivity contribution in [3.05, 3.63) is 75.3 Å². The molecule has 1 aliphatic rings. The largest absolute Gasteiger partial charge is 0.507 e. The summed E-state index contributed by atoms with van der Waals surface area (Å²) in [7, 11) is 0. The summed E-state index contributed by atoms with van der Waals surface area (Å²) < 4.78 is 5.36. The van der Waals surface area contributed by atoms with E-state index in [0.717, 1.165) is 4.90 Å². The Balaban J connectivity index is 2.10. The number of non-ortho nitro benzene ring substituents is 1. The minimum absolute atomic E-state index is 0.133. The normalized spacial score (nSPS) is 17.9. The fourth-order valence-electron chi connectivity index (χ4n) is 3.37. The maximum absolute atomic E-state index is 12.7. The average Bonchev–Trinajstić information content (AvgIpc) is 2.99. The lowest BCUT2D eigenvalue weighted by Crippen LogP contribution is -2.32. The number of β-amino-alcohol motifs (C(OH)–C–C–N with tert-alkyl or cyclic N) is 1. The van der Waals surface area contributed by atoms with Gasteiger partial charge in [-0.3, -0.25) is 19.7 Å². The number of Topliss-reactive ketones (excluding diaryl/α,β-unsaturated/α-hetero) is 1. The SMILES string of the molecule is CCOc1ccc(C(O)=C2C(=O)C(=O)N(CCO)C2c2ccc([N+](=O)[O-])cc2)cc1. The smallest absolute Gasteiger partial charge is 0.295 e. The molecule has 2 aromatic rings. The monoisotopic (exact) mass is 412 g/mol. The molecule has 1 aliphatic heterocycles. The Bertz CT molecular complexity index is 997. The van der Waals surface area contributed by atoms with Gasteiger partial charge in [0.15, 0.2) is 0 Å². The van der Waals surface area contributed by atoms with E-state index in [0.29, 0.717) is 23.5 Å². The molecule has 156 valence electrons. The molecule has 0 radical (unpaired) electrons. The molecule has 1 fully saturated rings. The summed E-state index contributed by atoms with van der Waals surface area (Å²) in [6.45, 7) is 1.78. The zero-order valence-electron chi connectivity index (χ0n) is 16.1. The summed E-state index contributed by atoms with van der Waals surface area (Å²) in [6.07, 6.45) is 0. The molecule has 3 rings (SSSR count). The van der Waals surface area contributed by atoms with E-state index in [4.69, 9.17) is 4.74 Å². The number of rotatable bonds is 7. The second kappa shape index (κ2) is 8.75. The molecular weight excluding hydrogens is 392 g/mol. The number of aliphatic hydroxyl groups is 2. The van der Waals surface area contributed by atoms with E-state index in [1.807, 2.05) is 6.92 Å². The second-order valence-electron chi connectivity index (χ2n) is 6.52. The standard InChI is InChI=1S/C21H20N2O7/c1-2-30-16-9-5-14(6-10-16)19(25)17-18(22(11-12-24)21(27)20(17)26)13-3-7-15(8-4-13)23(28)29/h3-10,18,24-25H,2,11-12H2,1H3. The molecule has 2 N–H and O–H groups in total. The van der Waals surface area contributed by atoms with Gasteiger partial charge in [0.2, 0.25) is 0 Å². The number of nitro benzene ring substituents is 1. The highest BCUT2D eigenvalue weighted by molar-refractivity contribution is 6.46. The van der Waals surface area contributed by atoms with Crippen molar-refractivity contribution in [2.45, 2.75) is 13.0 Å². The van der Waals surface area contributed by atoms with Crippen molar-refractivity contribution in [1.29, 1.82) is 0 Å². The third-order valence-electron chi connectivity index (χ3n) is 4.74.